The molecule has 2 aromatic carbocycles. The second-order valence-electron chi connectivity index (χ2n) is 9.95. The number of aliphatic hydroxyl groups is 1. The Morgan fingerprint density at radius 1 is 1.00 bits per heavy atom. The van der Waals surface area contributed by atoms with Crippen molar-refractivity contribution in [1.29, 1.82) is 0 Å². The quantitative estimate of drug-likeness (QED) is 0.461. The molecule has 1 heterocycles. The van der Waals surface area contributed by atoms with Crippen LogP contribution in [0.4, 0.5) is 14.5 Å². The van der Waals surface area contributed by atoms with Crippen molar-refractivity contribution in [1.82, 2.24) is 0 Å². The SMILES string of the molecule is CC(C)[Si](Oc1cc[c]c(N2CCC(O)(c3cccc(F)c3)CC2)c1F)(C(C)C)C(C)C. The van der Waals surface area contributed by atoms with Crippen molar-refractivity contribution in [2.24, 2.45) is 0 Å². The van der Waals surface area contributed by atoms with Gasteiger partial charge in [-0.3, -0.25) is 0 Å². The second-order valence-corrected chi connectivity index (χ2v) is 15.3. The molecular weight excluding hydrogens is 424 g/mol. The Labute approximate surface area is 192 Å². The highest BCUT2D eigenvalue weighted by atomic mass is 28.4. The molecule has 2 aromatic rings. The van der Waals surface area contributed by atoms with Gasteiger partial charge in [-0.15, -0.1) is 0 Å². The number of piperidine rings is 1. The van der Waals surface area contributed by atoms with E-state index in [1.807, 2.05) is 4.90 Å². The number of hydrogen-bond acceptors (Lipinski definition) is 3. The first kappa shape index (κ1) is 24.7. The standard InChI is InChI=1S/C26H36F2NO2Si/c1-18(2)32(19(3)4,20(5)6)31-24-12-8-11-23(25(24)28)29-15-13-26(30,14-16-29)21-9-7-10-22(27)17-21/h7-10,12,17-20,30H,13-16H2,1-6H3. The van der Waals surface area contributed by atoms with E-state index < -0.39 is 13.9 Å². The summed E-state index contributed by atoms with van der Waals surface area (Å²) in [7, 11) is -2.29. The van der Waals surface area contributed by atoms with E-state index in [2.05, 4.69) is 47.6 Å². The van der Waals surface area contributed by atoms with Crippen molar-refractivity contribution in [2.45, 2.75) is 76.6 Å². The fourth-order valence-electron chi connectivity index (χ4n) is 5.47. The minimum absolute atomic E-state index is 0.299. The van der Waals surface area contributed by atoms with Crippen LogP contribution in [0.15, 0.2) is 36.4 Å². The van der Waals surface area contributed by atoms with Gasteiger partial charge < -0.3 is 14.4 Å². The molecule has 1 radical (unpaired) electrons. The van der Waals surface area contributed by atoms with Gasteiger partial charge in [0.1, 0.15) is 11.6 Å². The third-order valence-corrected chi connectivity index (χ3v) is 13.1. The number of nitrogens with zero attached hydrogens (tertiary/aromatic N) is 1. The van der Waals surface area contributed by atoms with Gasteiger partial charge in [0, 0.05) is 19.2 Å². The number of anilines is 1. The fraction of sp³-hybridized carbons (Fsp3) is 0.538. The van der Waals surface area contributed by atoms with E-state index in [9.17, 15) is 9.50 Å². The molecule has 0 unspecified atom stereocenters. The van der Waals surface area contributed by atoms with Crippen LogP contribution in [0.25, 0.3) is 0 Å². The zero-order chi connectivity index (χ0) is 23.7. The molecule has 0 amide bonds. The lowest BCUT2D eigenvalue weighted by molar-refractivity contribution is 0.0114. The van der Waals surface area contributed by atoms with Gasteiger partial charge in [-0.05, 0) is 59.3 Å². The van der Waals surface area contributed by atoms with Crippen LogP contribution in [-0.4, -0.2) is 26.5 Å². The Balaban J connectivity index is 1.84. The first-order valence-corrected chi connectivity index (χ1v) is 13.8. The Bertz CT molecular complexity index is 902. The van der Waals surface area contributed by atoms with Crippen LogP contribution in [-0.2, 0) is 5.60 Å². The molecule has 1 N–H and O–H groups in total. The summed E-state index contributed by atoms with van der Waals surface area (Å²) in [6.07, 6.45) is 0.773. The molecule has 175 valence electrons. The molecule has 0 aliphatic carbocycles. The molecule has 6 heteroatoms. The average molecular weight is 461 g/mol. The summed E-state index contributed by atoms with van der Waals surface area (Å²) in [6.45, 7) is 14.0. The normalized spacial score (nSPS) is 16.8. The molecule has 1 aliphatic rings. The molecule has 0 saturated carbocycles. The van der Waals surface area contributed by atoms with Gasteiger partial charge >= 0.3 is 0 Å². The summed E-state index contributed by atoms with van der Waals surface area (Å²) in [4.78, 5) is 1.90. The Morgan fingerprint density at radius 2 is 1.59 bits per heavy atom. The van der Waals surface area contributed by atoms with Crippen molar-refractivity contribution in [3.63, 3.8) is 0 Å². The van der Waals surface area contributed by atoms with Gasteiger partial charge in [0.25, 0.3) is 8.32 Å². The molecule has 0 aromatic heterocycles. The fourth-order valence-corrected chi connectivity index (χ4v) is 10.7. The van der Waals surface area contributed by atoms with E-state index in [0.717, 1.165) is 0 Å². The van der Waals surface area contributed by atoms with Crippen molar-refractivity contribution >= 4 is 14.0 Å². The molecule has 1 aliphatic heterocycles. The first-order chi connectivity index (χ1) is 15.0. The van der Waals surface area contributed by atoms with E-state index in [4.69, 9.17) is 4.43 Å². The Hall–Kier alpha value is -1.92. The van der Waals surface area contributed by atoms with Crippen LogP contribution in [0.3, 0.4) is 0 Å². The smallest absolute Gasteiger partial charge is 0.258 e. The van der Waals surface area contributed by atoms with E-state index in [0.29, 0.717) is 59.6 Å². The second kappa shape index (κ2) is 9.52. The first-order valence-electron chi connectivity index (χ1n) is 11.6. The largest absolute Gasteiger partial charge is 0.541 e. The molecule has 32 heavy (non-hydrogen) atoms. The van der Waals surface area contributed by atoms with E-state index in [1.165, 1.54) is 12.1 Å². The van der Waals surface area contributed by atoms with Crippen molar-refractivity contribution in [2.75, 3.05) is 18.0 Å². The maximum Gasteiger partial charge on any atom is 0.258 e. The maximum absolute atomic E-state index is 15.7. The molecule has 1 fully saturated rings. The van der Waals surface area contributed by atoms with Crippen molar-refractivity contribution in [3.8, 4) is 5.75 Å². The molecule has 1 saturated heterocycles. The van der Waals surface area contributed by atoms with Gasteiger partial charge in [-0.1, -0.05) is 53.7 Å². The van der Waals surface area contributed by atoms with Crippen LogP contribution >= 0.6 is 0 Å². The summed E-state index contributed by atoms with van der Waals surface area (Å²) in [6, 6.07) is 12.5. The lowest BCUT2D eigenvalue weighted by Crippen LogP contribution is -2.51. The van der Waals surface area contributed by atoms with Gasteiger partial charge in [0.15, 0.2) is 5.82 Å². The zero-order valence-corrected chi connectivity index (χ0v) is 21.1. The molecular formula is C26H36F2NO2Si. The van der Waals surface area contributed by atoms with Crippen LogP contribution in [0.2, 0.25) is 16.6 Å². The maximum atomic E-state index is 15.7. The lowest BCUT2D eigenvalue weighted by Gasteiger charge is -2.43. The predicted octanol–water partition coefficient (Wildman–Crippen LogP) is 6.81. The van der Waals surface area contributed by atoms with Gasteiger partial charge in [-0.2, -0.15) is 0 Å². The highest BCUT2D eigenvalue weighted by Crippen LogP contribution is 2.44. The van der Waals surface area contributed by atoms with Gasteiger partial charge in [0.05, 0.1) is 11.3 Å². The zero-order valence-electron chi connectivity index (χ0n) is 20.1. The van der Waals surface area contributed by atoms with Crippen LogP contribution in [0.1, 0.15) is 59.9 Å². The van der Waals surface area contributed by atoms with E-state index in [1.54, 1.807) is 24.3 Å². The third kappa shape index (κ3) is 4.58. The summed E-state index contributed by atoms with van der Waals surface area (Å²) in [5, 5.41) is 11.1. The molecule has 3 rings (SSSR count). The Morgan fingerprint density at radius 3 is 2.12 bits per heavy atom. The summed E-state index contributed by atoms with van der Waals surface area (Å²) in [5.74, 6) is -0.453. The highest BCUT2D eigenvalue weighted by Gasteiger charge is 2.47. The number of hydrogen-bond donors (Lipinski definition) is 1. The van der Waals surface area contributed by atoms with Crippen LogP contribution < -0.4 is 9.33 Å². The minimum Gasteiger partial charge on any atom is -0.541 e. The molecule has 3 nitrogen and oxygen atoms in total. The Kier molecular flexibility index (Phi) is 7.35. The predicted molar refractivity (Wildman–Crippen MR) is 129 cm³/mol. The minimum atomic E-state index is -2.29. The van der Waals surface area contributed by atoms with Crippen molar-refractivity contribution in [3.05, 3.63) is 59.7 Å². The number of benzene rings is 2. The van der Waals surface area contributed by atoms with E-state index in [-0.39, 0.29) is 11.6 Å². The monoisotopic (exact) mass is 460 g/mol. The lowest BCUT2D eigenvalue weighted by atomic mass is 9.84. The topological polar surface area (TPSA) is 32.7 Å². The van der Waals surface area contributed by atoms with Gasteiger partial charge in [-0.25, -0.2) is 8.78 Å². The molecule has 0 atom stereocenters. The number of halogens is 2. The highest BCUT2D eigenvalue weighted by molar-refractivity contribution is 6.78. The van der Waals surface area contributed by atoms with Crippen LogP contribution in [0, 0.1) is 17.7 Å². The van der Waals surface area contributed by atoms with Gasteiger partial charge in [0.2, 0.25) is 0 Å². The molecule has 0 bridgehead atoms. The van der Waals surface area contributed by atoms with Crippen molar-refractivity contribution < 1.29 is 18.3 Å². The van der Waals surface area contributed by atoms with Crippen LogP contribution in [0.5, 0.6) is 5.75 Å². The summed E-state index contributed by atoms with van der Waals surface area (Å²) < 4.78 is 35.9. The summed E-state index contributed by atoms with van der Waals surface area (Å²) in [5.41, 5.74) is 0.851. The summed E-state index contributed by atoms with van der Waals surface area (Å²) >= 11 is 0. The average Bonchev–Trinajstić information content (AvgIpc) is 2.73. The van der Waals surface area contributed by atoms with E-state index >= 15 is 4.39 Å². The number of rotatable bonds is 7. The molecule has 0 spiro atoms. The third-order valence-electron chi connectivity index (χ3n) is 7.14.